The largest absolute Gasteiger partial charge is 0.481 e. The van der Waals surface area contributed by atoms with E-state index < -0.39 is 5.97 Å². The van der Waals surface area contributed by atoms with Gasteiger partial charge in [-0.1, -0.05) is 6.42 Å². The average Bonchev–Trinajstić information content (AvgIpc) is 2.70. The summed E-state index contributed by atoms with van der Waals surface area (Å²) in [5.41, 5.74) is 0. The van der Waals surface area contributed by atoms with Gasteiger partial charge in [0.25, 0.3) is 0 Å². The summed E-state index contributed by atoms with van der Waals surface area (Å²) in [6.07, 6.45) is 6.67. The van der Waals surface area contributed by atoms with Gasteiger partial charge in [0, 0.05) is 25.6 Å². The van der Waals surface area contributed by atoms with Gasteiger partial charge in [0.15, 0.2) is 0 Å². The van der Waals surface area contributed by atoms with Crippen LogP contribution in [-0.2, 0) is 4.79 Å². The highest BCUT2D eigenvalue weighted by molar-refractivity contribution is 5.75. The number of nitrogens with one attached hydrogen (secondary N) is 1. The quantitative estimate of drug-likeness (QED) is 0.735. The number of carbonyl (C=O) groups is 2. The first-order valence-electron chi connectivity index (χ1n) is 6.95. The molecule has 0 radical (unpaired) electrons. The molecule has 102 valence electrons. The molecule has 0 aromatic carbocycles. The van der Waals surface area contributed by atoms with Crippen molar-refractivity contribution in [1.82, 2.24) is 10.2 Å². The first kappa shape index (κ1) is 13.2. The van der Waals surface area contributed by atoms with Crippen LogP contribution >= 0.6 is 0 Å². The lowest BCUT2D eigenvalue weighted by Crippen LogP contribution is -2.47. The zero-order valence-corrected chi connectivity index (χ0v) is 10.7. The smallest absolute Gasteiger partial charge is 0.317 e. The summed E-state index contributed by atoms with van der Waals surface area (Å²) >= 11 is 0. The Kier molecular flexibility index (Phi) is 4.44. The van der Waals surface area contributed by atoms with Crippen molar-refractivity contribution in [2.24, 2.45) is 5.92 Å². The van der Waals surface area contributed by atoms with Gasteiger partial charge in [-0.15, -0.1) is 0 Å². The first-order valence-corrected chi connectivity index (χ1v) is 6.95. The topological polar surface area (TPSA) is 69.6 Å². The van der Waals surface area contributed by atoms with Crippen LogP contribution in [0.1, 0.15) is 44.9 Å². The molecule has 1 saturated heterocycles. The Hall–Kier alpha value is -1.26. The van der Waals surface area contributed by atoms with Gasteiger partial charge in [0.05, 0.1) is 0 Å². The summed E-state index contributed by atoms with van der Waals surface area (Å²) in [6, 6.07) is 0.424. The fourth-order valence-electron chi connectivity index (χ4n) is 2.90. The predicted octanol–water partition coefficient (Wildman–Crippen LogP) is 1.83. The maximum atomic E-state index is 12.0. The van der Waals surface area contributed by atoms with E-state index in [-0.39, 0.29) is 12.5 Å². The van der Waals surface area contributed by atoms with Crippen molar-refractivity contribution in [2.45, 2.75) is 51.0 Å². The second-order valence-electron chi connectivity index (χ2n) is 5.32. The molecule has 1 atom stereocenters. The molecule has 0 aromatic heterocycles. The van der Waals surface area contributed by atoms with Gasteiger partial charge in [-0.25, -0.2) is 4.79 Å². The molecular formula is C13H22N2O3. The molecule has 18 heavy (non-hydrogen) atoms. The summed E-state index contributed by atoms with van der Waals surface area (Å²) in [5.74, 6) is -0.102. The standard InChI is InChI=1S/C13H22N2O3/c16-12(17)7-2-8-14-13(18)15-9-3-6-11(15)10-4-1-5-10/h10-11H,1-9H2,(H,14,18)(H,16,17). The highest BCUT2D eigenvalue weighted by Gasteiger charge is 2.37. The van der Waals surface area contributed by atoms with E-state index in [9.17, 15) is 9.59 Å². The minimum absolute atomic E-state index is 0.00483. The van der Waals surface area contributed by atoms with Gasteiger partial charge in [0.2, 0.25) is 0 Å². The number of carboxylic acid groups (broad SMARTS) is 1. The summed E-state index contributed by atoms with van der Waals surface area (Å²) < 4.78 is 0. The lowest BCUT2D eigenvalue weighted by Gasteiger charge is -2.36. The number of carbonyl (C=O) groups excluding carboxylic acids is 1. The Morgan fingerprint density at radius 2 is 2.00 bits per heavy atom. The van der Waals surface area contributed by atoms with Crippen LogP contribution in [0.5, 0.6) is 0 Å². The van der Waals surface area contributed by atoms with Crippen molar-refractivity contribution in [1.29, 1.82) is 0 Å². The van der Waals surface area contributed by atoms with Gasteiger partial charge in [0.1, 0.15) is 0 Å². The van der Waals surface area contributed by atoms with Gasteiger partial charge < -0.3 is 15.3 Å². The van der Waals surface area contributed by atoms with E-state index in [1.165, 1.54) is 19.3 Å². The van der Waals surface area contributed by atoms with Gasteiger partial charge >= 0.3 is 12.0 Å². The molecule has 2 rings (SSSR count). The molecule has 1 heterocycles. The third-order valence-electron chi connectivity index (χ3n) is 4.10. The Morgan fingerprint density at radius 3 is 2.61 bits per heavy atom. The zero-order chi connectivity index (χ0) is 13.0. The Bertz CT molecular complexity index is 315. The van der Waals surface area contributed by atoms with Crippen molar-refractivity contribution >= 4 is 12.0 Å². The molecule has 1 unspecified atom stereocenters. The second kappa shape index (κ2) is 6.07. The molecule has 2 amide bonds. The van der Waals surface area contributed by atoms with E-state index in [4.69, 9.17) is 5.11 Å². The van der Waals surface area contributed by atoms with Crippen molar-refractivity contribution in [2.75, 3.05) is 13.1 Å². The Labute approximate surface area is 108 Å². The van der Waals surface area contributed by atoms with Gasteiger partial charge in [-0.3, -0.25) is 4.79 Å². The van der Waals surface area contributed by atoms with Crippen LogP contribution in [0.4, 0.5) is 4.79 Å². The molecule has 1 aliphatic heterocycles. The molecule has 0 aromatic rings. The van der Waals surface area contributed by atoms with Crippen LogP contribution in [0.25, 0.3) is 0 Å². The van der Waals surface area contributed by atoms with Crippen LogP contribution in [0.15, 0.2) is 0 Å². The SMILES string of the molecule is O=C(O)CCCNC(=O)N1CCCC1C1CCC1. The highest BCUT2D eigenvalue weighted by Crippen LogP contribution is 2.37. The predicted molar refractivity (Wildman–Crippen MR) is 67.3 cm³/mol. The minimum atomic E-state index is -0.808. The molecule has 1 aliphatic carbocycles. The molecule has 2 fully saturated rings. The molecule has 5 heteroatoms. The summed E-state index contributed by atoms with van der Waals surface area (Å²) in [6.45, 7) is 1.31. The van der Waals surface area contributed by atoms with Crippen molar-refractivity contribution in [3.05, 3.63) is 0 Å². The number of rotatable bonds is 5. The summed E-state index contributed by atoms with van der Waals surface area (Å²) in [7, 11) is 0. The van der Waals surface area contributed by atoms with Crippen LogP contribution in [0.2, 0.25) is 0 Å². The fourth-order valence-corrected chi connectivity index (χ4v) is 2.90. The fraction of sp³-hybridized carbons (Fsp3) is 0.846. The maximum absolute atomic E-state index is 12.0. The molecule has 5 nitrogen and oxygen atoms in total. The van der Waals surface area contributed by atoms with Crippen LogP contribution in [-0.4, -0.2) is 41.1 Å². The molecule has 0 bridgehead atoms. The summed E-state index contributed by atoms with van der Waals surface area (Å²) in [5, 5.41) is 11.4. The number of aliphatic carboxylic acids is 1. The Balaban J connectivity index is 1.72. The van der Waals surface area contributed by atoms with E-state index in [1.807, 2.05) is 4.90 Å². The maximum Gasteiger partial charge on any atom is 0.317 e. The number of hydrogen-bond acceptors (Lipinski definition) is 2. The van der Waals surface area contributed by atoms with Gasteiger partial charge in [-0.05, 0) is 38.0 Å². The first-order chi connectivity index (χ1) is 8.68. The van der Waals surface area contributed by atoms with Crippen LogP contribution in [0, 0.1) is 5.92 Å². The molecule has 2 aliphatic rings. The third-order valence-corrected chi connectivity index (χ3v) is 4.10. The lowest BCUT2D eigenvalue weighted by molar-refractivity contribution is -0.137. The summed E-state index contributed by atoms with van der Waals surface area (Å²) in [4.78, 5) is 24.3. The van der Waals surface area contributed by atoms with Crippen molar-refractivity contribution in [3.63, 3.8) is 0 Å². The van der Waals surface area contributed by atoms with Crippen LogP contribution in [0.3, 0.4) is 0 Å². The Morgan fingerprint density at radius 1 is 1.22 bits per heavy atom. The molecular weight excluding hydrogens is 232 g/mol. The van der Waals surface area contributed by atoms with Crippen molar-refractivity contribution < 1.29 is 14.7 Å². The highest BCUT2D eigenvalue weighted by atomic mass is 16.4. The van der Waals surface area contributed by atoms with E-state index in [0.29, 0.717) is 24.9 Å². The lowest BCUT2D eigenvalue weighted by atomic mass is 9.79. The van der Waals surface area contributed by atoms with E-state index >= 15 is 0 Å². The zero-order valence-electron chi connectivity index (χ0n) is 10.7. The van der Waals surface area contributed by atoms with E-state index in [0.717, 1.165) is 19.4 Å². The number of carboxylic acids is 1. The third kappa shape index (κ3) is 3.15. The molecule has 0 spiro atoms. The number of amides is 2. The van der Waals surface area contributed by atoms with Crippen molar-refractivity contribution in [3.8, 4) is 0 Å². The van der Waals surface area contributed by atoms with Crippen LogP contribution < -0.4 is 5.32 Å². The number of nitrogens with zero attached hydrogens (tertiary/aromatic N) is 1. The monoisotopic (exact) mass is 254 g/mol. The normalized spacial score (nSPS) is 23.8. The molecule has 2 N–H and O–H groups in total. The van der Waals surface area contributed by atoms with Gasteiger partial charge in [-0.2, -0.15) is 0 Å². The molecule has 1 saturated carbocycles. The average molecular weight is 254 g/mol. The van der Waals surface area contributed by atoms with E-state index in [1.54, 1.807) is 0 Å². The number of hydrogen-bond donors (Lipinski definition) is 2. The minimum Gasteiger partial charge on any atom is -0.481 e. The number of likely N-dealkylation sites (tertiary alicyclic amines) is 1. The second-order valence-corrected chi connectivity index (χ2v) is 5.32. The van der Waals surface area contributed by atoms with E-state index in [2.05, 4.69) is 5.32 Å². The number of urea groups is 1.